The molecule has 0 aliphatic heterocycles. The van der Waals surface area contributed by atoms with E-state index in [4.69, 9.17) is 4.43 Å². The molecule has 7 nitrogen and oxygen atoms in total. The van der Waals surface area contributed by atoms with Crippen LogP contribution in [0.4, 0.5) is 0 Å². The van der Waals surface area contributed by atoms with E-state index in [2.05, 4.69) is 107 Å². The quantitative estimate of drug-likeness (QED) is 0.0829. The van der Waals surface area contributed by atoms with E-state index < -0.39 is 18.4 Å². The Labute approximate surface area is 273 Å². The predicted molar refractivity (Wildman–Crippen MR) is 182 cm³/mol. The maximum atomic E-state index is 11.3. The van der Waals surface area contributed by atoms with Crippen molar-refractivity contribution in [2.45, 2.75) is 63.3 Å². The van der Waals surface area contributed by atoms with Crippen LogP contribution in [0.1, 0.15) is 52.0 Å². The Morgan fingerprint density at radius 2 is 1.43 bits per heavy atom. The molecule has 0 atom stereocenters. The van der Waals surface area contributed by atoms with Crippen molar-refractivity contribution < 1.29 is 32.2 Å². The van der Waals surface area contributed by atoms with Crippen LogP contribution >= 0.6 is 15.9 Å². The lowest BCUT2D eigenvalue weighted by Gasteiger charge is -2.43. The van der Waals surface area contributed by atoms with Crippen molar-refractivity contribution in [3.05, 3.63) is 101 Å². The third-order valence-corrected chi connectivity index (χ3v) is 13.7. The Kier molecular flexibility index (Phi) is 15.7. The zero-order chi connectivity index (χ0) is 32.6. The summed E-state index contributed by atoms with van der Waals surface area (Å²) in [6.45, 7) is 11.6. The van der Waals surface area contributed by atoms with Crippen LogP contribution in [0.3, 0.4) is 0 Å². The van der Waals surface area contributed by atoms with Gasteiger partial charge < -0.3 is 19.0 Å². The summed E-state index contributed by atoms with van der Waals surface area (Å²) in [5.41, 5.74) is 0.928. The molecule has 0 heterocycles. The van der Waals surface area contributed by atoms with Gasteiger partial charge in [-0.3, -0.25) is 0 Å². The standard InChI is InChI=1S/C27H38BrNO3Si.C7H8O3S/c1-27(2,3)33(23-15-8-5-9-16-23,24-17-10-6-11-18-24)32-22-13-7-12-20-29-21-14-19-25(28)26(30)31-4;1-6-2-4-7(5-3-6)11(8,9)10/h5-6,8-11,15-19,29H,7,12-14,20-22H2,1-4H3;2-5H,1H3,(H,8,9,10)/b25-19-;. The number of benzene rings is 3. The highest BCUT2D eigenvalue weighted by atomic mass is 79.9. The maximum absolute atomic E-state index is 11.3. The smallest absolute Gasteiger partial charge is 0.344 e. The monoisotopic (exact) mass is 703 g/mol. The largest absolute Gasteiger partial charge is 0.744 e. The normalized spacial score (nSPS) is 12.3. The van der Waals surface area contributed by atoms with E-state index in [0.717, 1.165) is 50.9 Å². The Balaban J connectivity index is 0.000000514. The number of esters is 1. The van der Waals surface area contributed by atoms with Crippen LogP contribution in [0.25, 0.3) is 0 Å². The number of carbonyl (C=O) groups is 1. The van der Waals surface area contributed by atoms with Crippen molar-refractivity contribution in [2.75, 3.05) is 26.8 Å². The predicted octanol–water partition coefficient (Wildman–Crippen LogP) is 5.04. The van der Waals surface area contributed by atoms with Gasteiger partial charge in [0.25, 0.3) is 8.32 Å². The molecule has 0 saturated carbocycles. The third-order valence-electron chi connectivity index (χ3n) is 7.17. The van der Waals surface area contributed by atoms with Gasteiger partial charge in [0.15, 0.2) is 0 Å². The minimum Gasteiger partial charge on any atom is -0.744 e. The molecule has 0 amide bonds. The molecular formula is C34H46BrNO6SSi. The zero-order valence-corrected chi connectivity index (χ0v) is 29.8. The summed E-state index contributed by atoms with van der Waals surface area (Å²) in [6, 6.07) is 27.4. The van der Waals surface area contributed by atoms with Crippen LogP contribution in [0.2, 0.25) is 5.04 Å². The van der Waals surface area contributed by atoms with Crippen molar-refractivity contribution >= 4 is 50.7 Å². The number of unbranched alkanes of at least 4 members (excludes halogenated alkanes) is 2. The average Bonchev–Trinajstić information content (AvgIpc) is 2.99. The summed E-state index contributed by atoms with van der Waals surface area (Å²) < 4.78 is 43.3. The molecule has 10 heteroatoms. The molecule has 0 unspecified atom stereocenters. The van der Waals surface area contributed by atoms with Crippen LogP contribution in [-0.2, 0) is 24.1 Å². The first-order valence-corrected chi connectivity index (χ1v) is 19.0. The number of hydrogen-bond donors (Lipinski definition) is 1. The summed E-state index contributed by atoms with van der Waals surface area (Å²) in [6.07, 6.45) is 6.08. The van der Waals surface area contributed by atoms with Gasteiger partial charge in [0.05, 0.1) is 29.6 Å². The molecule has 240 valence electrons. The zero-order valence-electron chi connectivity index (χ0n) is 26.4. The highest BCUT2D eigenvalue weighted by Gasteiger charge is 2.49. The van der Waals surface area contributed by atoms with Crippen LogP contribution in [0.15, 0.2) is 100 Å². The molecule has 2 N–H and O–H groups in total. The molecule has 0 radical (unpaired) electrons. The third kappa shape index (κ3) is 11.7. The van der Waals surface area contributed by atoms with Crippen molar-refractivity contribution in [3.63, 3.8) is 0 Å². The Morgan fingerprint density at radius 1 is 0.886 bits per heavy atom. The fraction of sp³-hybridized carbons (Fsp3) is 0.382. The second-order valence-corrected chi connectivity index (χ2v) is 18.1. The van der Waals surface area contributed by atoms with Gasteiger partial charge in [-0.1, -0.05) is 105 Å². The number of hydrogen-bond acceptors (Lipinski definition) is 6. The molecule has 0 bridgehead atoms. The molecule has 0 spiro atoms. The Hall–Kier alpha value is -2.60. The SMILES string of the molecule is COC(=O)/C(Br)=C/CC[NH2+]CCCCCO[Si](c1ccccc1)(c1ccccc1)C(C)(C)C.Cc1ccc(S(=O)(=O)[O-])cc1. The fourth-order valence-corrected chi connectivity index (χ4v) is 10.4. The molecule has 0 aromatic heterocycles. The van der Waals surface area contributed by atoms with E-state index in [1.165, 1.54) is 29.6 Å². The molecule has 3 rings (SSSR count). The van der Waals surface area contributed by atoms with Crippen LogP contribution in [0.5, 0.6) is 0 Å². The number of halogens is 1. The van der Waals surface area contributed by atoms with Crippen LogP contribution in [-0.4, -0.2) is 54.1 Å². The van der Waals surface area contributed by atoms with Crippen LogP contribution < -0.4 is 15.7 Å². The number of nitrogens with two attached hydrogens (primary N) is 1. The molecule has 3 aromatic carbocycles. The van der Waals surface area contributed by atoms with Gasteiger partial charge in [0.2, 0.25) is 0 Å². The number of aryl methyl sites for hydroxylation is 1. The lowest BCUT2D eigenvalue weighted by Crippen LogP contribution is -2.84. The molecule has 0 aliphatic rings. The van der Waals surface area contributed by atoms with Gasteiger partial charge in [-0.05, 0) is 69.7 Å². The second kappa shape index (κ2) is 18.4. The maximum Gasteiger partial charge on any atom is 0.344 e. The molecule has 0 fully saturated rings. The van der Waals surface area contributed by atoms with Crippen molar-refractivity contribution in [1.29, 1.82) is 0 Å². The first-order valence-electron chi connectivity index (χ1n) is 14.9. The number of quaternary nitrogens is 1. The van der Waals surface area contributed by atoms with E-state index in [9.17, 15) is 17.8 Å². The van der Waals surface area contributed by atoms with Gasteiger partial charge in [-0.25, -0.2) is 13.2 Å². The lowest BCUT2D eigenvalue weighted by molar-refractivity contribution is -0.654. The summed E-state index contributed by atoms with van der Waals surface area (Å²) in [5, 5.41) is 5.00. The molecule has 44 heavy (non-hydrogen) atoms. The van der Waals surface area contributed by atoms with E-state index in [1.54, 1.807) is 12.1 Å². The van der Waals surface area contributed by atoms with E-state index >= 15 is 0 Å². The Morgan fingerprint density at radius 3 is 1.91 bits per heavy atom. The minimum atomic E-state index is -4.27. The summed E-state index contributed by atoms with van der Waals surface area (Å²) >= 11 is 3.24. The summed E-state index contributed by atoms with van der Waals surface area (Å²) in [4.78, 5) is 11.2. The number of methoxy groups -OCH3 is 1. The van der Waals surface area contributed by atoms with Crippen molar-refractivity contribution in [2.24, 2.45) is 0 Å². The number of ether oxygens (including phenoxy) is 1. The highest BCUT2D eigenvalue weighted by Crippen LogP contribution is 2.36. The average molecular weight is 705 g/mol. The topological polar surface area (TPSA) is 109 Å². The molecule has 3 aromatic rings. The van der Waals surface area contributed by atoms with Crippen molar-refractivity contribution in [1.82, 2.24) is 0 Å². The fourth-order valence-electron chi connectivity index (χ4n) is 4.91. The van der Waals surface area contributed by atoms with Gasteiger partial charge in [0, 0.05) is 13.0 Å². The first-order chi connectivity index (χ1) is 20.8. The lowest BCUT2D eigenvalue weighted by atomic mass is 10.2. The second-order valence-electron chi connectivity index (χ2n) is 11.5. The van der Waals surface area contributed by atoms with E-state index in [-0.39, 0.29) is 15.9 Å². The summed E-state index contributed by atoms with van der Waals surface area (Å²) in [5.74, 6) is -0.323. The number of rotatable bonds is 14. The van der Waals surface area contributed by atoms with Gasteiger partial charge >= 0.3 is 5.97 Å². The summed E-state index contributed by atoms with van der Waals surface area (Å²) in [7, 11) is -5.29. The van der Waals surface area contributed by atoms with Gasteiger partial charge in [-0.15, -0.1) is 0 Å². The van der Waals surface area contributed by atoms with Crippen LogP contribution in [0, 0.1) is 6.92 Å². The minimum absolute atomic E-state index is 0.0233. The molecular weight excluding hydrogens is 658 g/mol. The molecule has 0 saturated heterocycles. The van der Waals surface area contributed by atoms with Gasteiger partial charge in [0.1, 0.15) is 10.1 Å². The molecule has 0 aliphatic carbocycles. The Bertz CT molecular complexity index is 1370. The van der Waals surface area contributed by atoms with Gasteiger partial charge in [-0.2, -0.15) is 0 Å². The highest BCUT2D eigenvalue weighted by molar-refractivity contribution is 9.12. The van der Waals surface area contributed by atoms with E-state index in [1.807, 2.05) is 13.0 Å². The van der Waals surface area contributed by atoms with Crippen molar-refractivity contribution in [3.8, 4) is 0 Å². The number of carbonyl (C=O) groups excluding carboxylic acids is 1. The van der Waals surface area contributed by atoms with E-state index in [0.29, 0.717) is 4.48 Å². The first kappa shape index (κ1) is 37.6.